The Morgan fingerprint density at radius 2 is 2.10 bits per heavy atom. The van der Waals surface area contributed by atoms with Crippen LogP contribution in [0.2, 0.25) is 5.02 Å². The Balaban J connectivity index is 3.34. The number of benzene rings is 1. The van der Waals surface area contributed by atoms with Gasteiger partial charge in [-0.15, -0.1) is 0 Å². The average Bonchev–Trinajstić information content (AvgIpc) is 1.93. The van der Waals surface area contributed by atoms with Gasteiger partial charge in [-0.05, 0) is 19.1 Å². The molecule has 2 N–H and O–H groups in total. The van der Waals surface area contributed by atoms with E-state index in [-0.39, 0.29) is 5.82 Å². The number of nitrogens with two attached hydrogens (primary N) is 1. The molecule has 10 heavy (non-hydrogen) atoms. The molecule has 0 aromatic heterocycles. The summed E-state index contributed by atoms with van der Waals surface area (Å²) in [6.07, 6.45) is 0. The number of anilines is 1. The normalized spacial score (nSPS) is 9.90. The highest BCUT2D eigenvalue weighted by Crippen LogP contribution is 2.23. The Hall–Kier alpha value is -0.760. The summed E-state index contributed by atoms with van der Waals surface area (Å²) in [5.41, 5.74) is 6.14. The molecule has 0 heterocycles. The van der Waals surface area contributed by atoms with Crippen LogP contribution in [-0.2, 0) is 0 Å². The molecule has 0 fully saturated rings. The lowest BCUT2D eigenvalue weighted by molar-refractivity contribution is 0.619. The van der Waals surface area contributed by atoms with Crippen LogP contribution in [0.5, 0.6) is 0 Å². The molecule has 1 nitrogen and oxygen atoms in total. The summed E-state index contributed by atoms with van der Waals surface area (Å²) in [5, 5.41) is 0.402. The first kappa shape index (κ1) is 7.35. The fourth-order valence-corrected chi connectivity index (χ4v) is 0.874. The van der Waals surface area contributed by atoms with E-state index in [4.69, 9.17) is 17.3 Å². The van der Waals surface area contributed by atoms with Gasteiger partial charge in [0, 0.05) is 5.56 Å². The van der Waals surface area contributed by atoms with Gasteiger partial charge in [-0.25, -0.2) is 4.39 Å². The van der Waals surface area contributed by atoms with Crippen molar-refractivity contribution in [3.63, 3.8) is 0 Å². The highest BCUT2D eigenvalue weighted by Gasteiger charge is 2.03. The first-order valence-electron chi connectivity index (χ1n) is 2.83. The highest BCUT2D eigenvalue weighted by atomic mass is 35.5. The minimum Gasteiger partial charge on any atom is -0.397 e. The Kier molecular flexibility index (Phi) is 1.81. The first-order valence-corrected chi connectivity index (χ1v) is 3.21. The molecule has 1 rings (SSSR count). The molecule has 0 radical (unpaired) electrons. The molecule has 1 aromatic carbocycles. The second kappa shape index (κ2) is 2.46. The lowest BCUT2D eigenvalue weighted by Gasteiger charge is -2.01. The van der Waals surface area contributed by atoms with Crippen LogP contribution < -0.4 is 5.73 Å². The van der Waals surface area contributed by atoms with Crippen LogP contribution in [0, 0.1) is 12.7 Å². The van der Waals surface area contributed by atoms with Gasteiger partial charge >= 0.3 is 0 Å². The standard InChI is InChI=1S/C7H7ClFN/c1-4-6(9)3-2-5(8)7(4)10/h2-3H,10H2,1H3. The molecule has 0 atom stereocenters. The van der Waals surface area contributed by atoms with Gasteiger partial charge in [0.2, 0.25) is 0 Å². The summed E-state index contributed by atoms with van der Waals surface area (Å²) in [5.74, 6) is -0.318. The quantitative estimate of drug-likeness (QED) is 0.578. The molecule has 3 heteroatoms. The molecular formula is C7H7ClFN. The lowest BCUT2D eigenvalue weighted by atomic mass is 10.2. The summed E-state index contributed by atoms with van der Waals surface area (Å²) < 4.78 is 12.6. The first-order chi connectivity index (χ1) is 4.63. The van der Waals surface area contributed by atoms with E-state index in [1.54, 1.807) is 6.92 Å². The fraction of sp³-hybridized carbons (Fsp3) is 0.143. The van der Waals surface area contributed by atoms with E-state index in [1.165, 1.54) is 12.1 Å². The molecule has 0 aliphatic rings. The maximum atomic E-state index is 12.6. The third-order valence-corrected chi connectivity index (χ3v) is 1.73. The van der Waals surface area contributed by atoms with Crippen molar-refractivity contribution in [1.29, 1.82) is 0 Å². The monoisotopic (exact) mass is 159 g/mol. The zero-order valence-electron chi connectivity index (χ0n) is 5.49. The van der Waals surface area contributed by atoms with Gasteiger partial charge in [0.05, 0.1) is 10.7 Å². The van der Waals surface area contributed by atoms with Crippen LogP contribution in [0.25, 0.3) is 0 Å². The van der Waals surface area contributed by atoms with Gasteiger partial charge in [0.25, 0.3) is 0 Å². The maximum Gasteiger partial charge on any atom is 0.128 e. The largest absolute Gasteiger partial charge is 0.397 e. The number of rotatable bonds is 0. The summed E-state index contributed by atoms with van der Waals surface area (Å²) >= 11 is 5.59. The Labute approximate surface area is 63.6 Å². The predicted molar refractivity (Wildman–Crippen MR) is 40.6 cm³/mol. The van der Waals surface area contributed by atoms with Crippen molar-refractivity contribution < 1.29 is 4.39 Å². The van der Waals surface area contributed by atoms with Crippen LogP contribution in [-0.4, -0.2) is 0 Å². The number of hydrogen-bond donors (Lipinski definition) is 1. The zero-order chi connectivity index (χ0) is 7.72. The van der Waals surface area contributed by atoms with Crippen LogP contribution >= 0.6 is 11.6 Å². The zero-order valence-corrected chi connectivity index (χ0v) is 6.24. The topological polar surface area (TPSA) is 26.0 Å². The third-order valence-electron chi connectivity index (χ3n) is 1.40. The van der Waals surface area contributed by atoms with E-state index in [1.807, 2.05) is 0 Å². The molecule has 0 saturated carbocycles. The van der Waals surface area contributed by atoms with Crippen molar-refractivity contribution in [3.05, 3.63) is 28.5 Å². The van der Waals surface area contributed by atoms with Crippen molar-refractivity contribution >= 4 is 17.3 Å². The number of hydrogen-bond acceptors (Lipinski definition) is 1. The predicted octanol–water partition coefficient (Wildman–Crippen LogP) is 2.37. The molecule has 0 bridgehead atoms. The Morgan fingerprint density at radius 3 is 2.60 bits per heavy atom. The van der Waals surface area contributed by atoms with Crippen molar-refractivity contribution in [3.8, 4) is 0 Å². The second-order valence-corrected chi connectivity index (χ2v) is 2.48. The lowest BCUT2D eigenvalue weighted by Crippen LogP contribution is -1.93. The third kappa shape index (κ3) is 1.07. The molecule has 0 amide bonds. The van der Waals surface area contributed by atoms with Gasteiger partial charge in [-0.3, -0.25) is 0 Å². The van der Waals surface area contributed by atoms with Crippen LogP contribution in [0.4, 0.5) is 10.1 Å². The van der Waals surface area contributed by atoms with Gasteiger partial charge in [0.1, 0.15) is 5.82 Å². The van der Waals surface area contributed by atoms with E-state index in [2.05, 4.69) is 0 Å². The van der Waals surface area contributed by atoms with Gasteiger partial charge in [-0.2, -0.15) is 0 Å². The summed E-state index contributed by atoms with van der Waals surface area (Å²) in [4.78, 5) is 0. The average molecular weight is 160 g/mol. The van der Waals surface area contributed by atoms with E-state index >= 15 is 0 Å². The SMILES string of the molecule is Cc1c(F)ccc(Cl)c1N. The highest BCUT2D eigenvalue weighted by molar-refractivity contribution is 6.33. The van der Waals surface area contributed by atoms with Crippen LogP contribution in [0.15, 0.2) is 12.1 Å². The molecule has 0 saturated heterocycles. The smallest absolute Gasteiger partial charge is 0.128 e. The number of halogens is 2. The molecule has 0 unspecified atom stereocenters. The maximum absolute atomic E-state index is 12.6. The van der Waals surface area contributed by atoms with Crippen LogP contribution in [0.1, 0.15) is 5.56 Å². The summed E-state index contributed by atoms with van der Waals surface area (Å²) in [6.45, 7) is 1.59. The Morgan fingerprint density at radius 1 is 1.50 bits per heavy atom. The minimum atomic E-state index is -0.318. The molecule has 1 aromatic rings. The van der Waals surface area contributed by atoms with Gasteiger partial charge in [-0.1, -0.05) is 11.6 Å². The van der Waals surface area contributed by atoms with Crippen LogP contribution in [0.3, 0.4) is 0 Å². The van der Waals surface area contributed by atoms with Crippen molar-refractivity contribution in [1.82, 2.24) is 0 Å². The van der Waals surface area contributed by atoms with Crippen molar-refractivity contribution in [2.45, 2.75) is 6.92 Å². The molecule has 0 aliphatic heterocycles. The molecular weight excluding hydrogens is 153 g/mol. The van der Waals surface area contributed by atoms with E-state index in [9.17, 15) is 4.39 Å². The minimum absolute atomic E-state index is 0.318. The van der Waals surface area contributed by atoms with E-state index in [0.717, 1.165) is 0 Å². The molecule has 0 aliphatic carbocycles. The summed E-state index contributed by atoms with van der Waals surface area (Å²) in [7, 11) is 0. The van der Waals surface area contributed by atoms with E-state index < -0.39 is 0 Å². The van der Waals surface area contributed by atoms with Crippen molar-refractivity contribution in [2.75, 3.05) is 5.73 Å². The Bertz CT molecular complexity index is 233. The number of nitrogen functional groups attached to an aromatic ring is 1. The van der Waals surface area contributed by atoms with Gasteiger partial charge in [0.15, 0.2) is 0 Å². The van der Waals surface area contributed by atoms with Crippen molar-refractivity contribution in [2.24, 2.45) is 0 Å². The fourth-order valence-electron chi connectivity index (χ4n) is 0.669. The molecule has 54 valence electrons. The summed E-state index contributed by atoms with van der Waals surface area (Å²) in [6, 6.07) is 2.74. The second-order valence-electron chi connectivity index (χ2n) is 2.07. The van der Waals surface area contributed by atoms with E-state index in [0.29, 0.717) is 16.3 Å². The molecule has 0 spiro atoms. The van der Waals surface area contributed by atoms with Gasteiger partial charge < -0.3 is 5.73 Å².